The predicted molar refractivity (Wildman–Crippen MR) is 133 cm³/mol. The van der Waals surface area contributed by atoms with Crippen LogP contribution in [-0.4, -0.2) is 103 Å². The van der Waals surface area contributed by atoms with Gasteiger partial charge >= 0.3 is 5.97 Å². The molecule has 1 aromatic carbocycles. The third-order valence-corrected chi connectivity index (χ3v) is 5.59. The molecule has 0 fully saturated rings. The molecule has 2 aromatic rings. The van der Waals surface area contributed by atoms with Gasteiger partial charge in [-0.05, 0) is 18.2 Å². The highest BCUT2D eigenvalue weighted by Gasteiger charge is 2.43. The standard InChI is InChI=1S/C23H29N7O9/c1-11(32)25-19-13(7-17(22(36)37)39-21(19)20(35)15(33)10-31)26-23(24)27-18(34)9-30-8-14(28-29-30)12-5-3-4-6-16(12)38-2/h3-8,13,15,19-21,31,33,35H,9-10H2,1-2H3,(H,25,32)(H,36,37)(H3,24,26,27,34)/t13-,15+,19+,20+,21+/m0/s1. The molecule has 8 N–H and O–H groups in total. The summed E-state index contributed by atoms with van der Waals surface area (Å²) in [5, 5.41) is 51.7. The summed E-state index contributed by atoms with van der Waals surface area (Å²) in [5.41, 5.74) is 7.02. The first kappa shape index (κ1) is 29.0. The molecule has 16 heteroatoms. The molecule has 16 nitrogen and oxygen atoms in total. The maximum atomic E-state index is 12.6. The fourth-order valence-electron chi connectivity index (χ4n) is 3.84. The Kier molecular flexibility index (Phi) is 9.53. The van der Waals surface area contributed by atoms with Crippen molar-refractivity contribution in [2.24, 2.45) is 10.7 Å². The largest absolute Gasteiger partial charge is 0.496 e. The highest BCUT2D eigenvalue weighted by molar-refractivity contribution is 5.96. The fraction of sp³-hybridized carbons (Fsp3) is 0.391. The number of aliphatic carboxylic acids is 1. The smallest absolute Gasteiger partial charge is 0.370 e. The third-order valence-electron chi connectivity index (χ3n) is 5.59. The number of nitrogens with one attached hydrogen (secondary N) is 2. The summed E-state index contributed by atoms with van der Waals surface area (Å²) >= 11 is 0. The molecule has 0 saturated carbocycles. The lowest BCUT2D eigenvalue weighted by molar-refractivity contribution is -0.145. The number of rotatable bonds is 10. The van der Waals surface area contributed by atoms with E-state index in [4.69, 9.17) is 15.2 Å². The van der Waals surface area contributed by atoms with Gasteiger partial charge in [0.1, 0.15) is 36.3 Å². The number of nitrogens with two attached hydrogens (primary N) is 1. The van der Waals surface area contributed by atoms with E-state index in [0.717, 1.165) is 13.0 Å². The molecule has 1 aliphatic rings. The average molecular weight is 548 g/mol. The Balaban J connectivity index is 1.79. The molecular formula is C23H29N7O9. The first-order valence-electron chi connectivity index (χ1n) is 11.6. The second kappa shape index (κ2) is 12.8. The first-order valence-corrected chi connectivity index (χ1v) is 11.6. The zero-order valence-corrected chi connectivity index (χ0v) is 21.0. The molecule has 1 aliphatic heterocycles. The molecule has 0 unspecified atom stereocenters. The first-order chi connectivity index (χ1) is 18.5. The quantitative estimate of drug-likeness (QED) is 0.119. The van der Waals surface area contributed by atoms with Crippen LogP contribution in [0.3, 0.4) is 0 Å². The lowest BCUT2D eigenvalue weighted by Crippen LogP contribution is -2.60. The second-order valence-corrected chi connectivity index (χ2v) is 8.44. The summed E-state index contributed by atoms with van der Waals surface area (Å²) in [6, 6.07) is 4.65. The third kappa shape index (κ3) is 7.28. The van der Waals surface area contributed by atoms with Crippen LogP contribution in [0, 0.1) is 0 Å². The number of carbonyl (C=O) groups excluding carboxylic acids is 2. The molecule has 0 aliphatic carbocycles. The number of hydrogen-bond donors (Lipinski definition) is 7. The van der Waals surface area contributed by atoms with Gasteiger partial charge in [-0.3, -0.25) is 14.9 Å². The maximum Gasteiger partial charge on any atom is 0.370 e. The van der Waals surface area contributed by atoms with Gasteiger partial charge in [0.05, 0.1) is 32.0 Å². The number of ether oxygens (including phenoxy) is 2. The number of aromatic nitrogens is 3. The number of hydrogen-bond acceptors (Lipinski definition) is 11. The highest BCUT2D eigenvalue weighted by atomic mass is 16.5. The van der Waals surface area contributed by atoms with E-state index in [1.807, 2.05) is 0 Å². The summed E-state index contributed by atoms with van der Waals surface area (Å²) < 4.78 is 11.8. The zero-order chi connectivity index (χ0) is 28.7. The van der Waals surface area contributed by atoms with Gasteiger partial charge in [-0.25, -0.2) is 14.5 Å². The Morgan fingerprint density at radius 3 is 2.64 bits per heavy atom. The van der Waals surface area contributed by atoms with Crippen LogP contribution in [0.2, 0.25) is 0 Å². The van der Waals surface area contributed by atoms with Crippen molar-refractivity contribution in [3.05, 3.63) is 42.3 Å². The minimum Gasteiger partial charge on any atom is -0.496 e. The van der Waals surface area contributed by atoms with Gasteiger partial charge in [0, 0.05) is 12.5 Å². The minimum absolute atomic E-state index is 0.304. The number of para-hydroxylation sites is 1. The van der Waals surface area contributed by atoms with E-state index in [1.165, 1.54) is 18.0 Å². The van der Waals surface area contributed by atoms with Crippen molar-refractivity contribution in [1.29, 1.82) is 0 Å². The van der Waals surface area contributed by atoms with Crippen molar-refractivity contribution in [1.82, 2.24) is 25.6 Å². The van der Waals surface area contributed by atoms with E-state index in [0.29, 0.717) is 17.0 Å². The zero-order valence-electron chi connectivity index (χ0n) is 21.0. The Labute approximate surface area is 221 Å². The van der Waals surface area contributed by atoms with Gasteiger partial charge in [-0.15, -0.1) is 5.10 Å². The Hall–Kier alpha value is -4.54. The lowest BCUT2D eigenvalue weighted by Gasteiger charge is -2.38. The van der Waals surface area contributed by atoms with Gasteiger partial charge in [-0.2, -0.15) is 0 Å². The molecule has 0 saturated heterocycles. The number of nitrogens with zero attached hydrogens (tertiary/aromatic N) is 4. The van der Waals surface area contributed by atoms with E-state index in [9.17, 15) is 34.8 Å². The number of amides is 2. The Morgan fingerprint density at radius 1 is 1.28 bits per heavy atom. The maximum absolute atomic E-state index is 12.6. The molecule has 2 heterocycles. The van der Waals surface area contributed by atoms with E-state index >= 15 is 0 Å². The van der Waals surface area contributed by atoms with Crippen LogP contribution >= 0.6 is 0 Å². The number of carboxylic acid groups (broad SMARTS) is 1. The van der Waals surface area contributed by atoms with Gasteiger partial charge < -0.3 is 41.0 Å². The summed E-state index contributed by atoms with van der Waals surface area (Å²) in [6.45, 7) is -0.0136. The molecule has 1 aromatic heterocycles. The van der Waals surface area contributed by atoms with Crippen molar-refractivity contribution < 1.29 is 44.3 Å². The Bertz CT molecular complexity index is 1260. The van der Waals surface area contributed by atoms with Crippen LogP contribution in [0.1, 0.15) is 6.92 Å². The molecule has 0 radical (unpaired) electrons. The molecule has 0 bridgehead atoms. The van der Waals surface area contributed by atoms with E-state index < -0.39 is 66.5 Å². The number of methoxy groups -OCH3 is 1. The molecule has 39 heavy (non-hydrogen) atoms. The second-order valence-electron chi connectivity index (χ2n) is 8.44. The van der Waals surface area contributed by atoms with Gasteiger partial charge in [0.15, 0.2) is 5.96 Å². The predicted octanol–water partition coefficient (Wildman–Crippen LogP) is -2.66. The normalized spacial score (nSPS) is 20.7. The van der Waals surface area contributed by atoms with E-state index in [2.05, 4.69) is 25.9 Å². The number of benzene rings is 1. The summed E-state index contributed by atoms with van der Waals surface area (Å²) in [5.74, 6) is -3.28. The van der Waals surface area contributed by atoms with E-state index in [1.54, 1.807) is 24.3 Å². The van der Waals surface area contributed by atoms with Crippen molar-refractivity contribution in [2.45, 2.75) is 43.9 Å². The number of guanidine groups is 1. The van der Waals surface area contributed by atoms with Crippen LogP contribution in [0.15, 0.2) is 47.3 Å². The number of carbonyl (C=O) groups is 3. The molecular weight excluding hydrogens is 518 g/mol. The topological polar surface area (TPSA) is 244 Å². The number of aliphatic hydroxyl groups is 3. The van der Waals surface area contributed by atoms with Gasteiger partial charge in [-0.1, -0.05) is 17.3 Å². The summed E-state index contributed by atoms with van der Waals surface area (Å²) in [6.07, 6.45) is -2.52. The number of aliphatic imine (C=N–C) groups is 1. The molecule has 3 rings (SSSR count). The van der Waals surface area contributed by atoms with Crippen LogP contribution in [0.5, 0.6) is 5.75 Å². The monoisotopic (exact) mass is 547 g/mol. The van der Waals surface area contributed by atoms with Crippen LogP contribution in [0.25, 0.3) is 11.3 Å². The van der Waals surface area contributed by atoms with Crippen molar-refractivity contribution >= 4 is 23.7 Å². The van der Waals surface area contributed by atoms with Crippen LogP contribution in [0.4, 0.5) is 0 Å². The molecule has 2 amide bonds. The van der Waals surface area contributed by atoms with Crippen LogP contribution < -0.4 is 21.1 Å². The molecule has 0 spiro atoms. The molecule has 5 atom stereocenters. The summed E-state index contributed by atoms with van der Waals surface area (Å²) in [7, 11) is 1.51. The van der Waals surface area contributed by atoms with Crippen molar-refractivity contribution in [3.8, 4) is 17.0 Å². The van der Waals surface area contributed by atoms with Crippen LogP contribution in [-0.2, 0) is 25.7 Å². The molecule has 210 valence electrons. The summed E-state index contributed by atoms with van der Waals surface area (Å²) in [4.78, 5) is 40.1. The van der Waals surface area contributed by atoms with Crippen molar-refractivity contribution in [2.75, 3.05) is 13.7 Å². The minimum atomic E-state index is -1.81. The van der Waals surface area contributed by atoms with Crippen molar-refractivity contribution in [3.63, 3.8) is 0 Å². The number of aliphatic hydroxyl groups excluding tert-OH is 3. The fourth-order valence-corrected chi connectivity index (χ4v) is 3.84. The lowest BCUT2D eigenvalue weighted by atomic mass is 9.92. The van der Waals surface area contributed by atoms with E-state index in [-0.39, 0.29) is 6.54 Å². The SMILES string of the molecule is COc1ccccc1-c1cn(CC(=O)NC(N)=N[C@H]2C=C(C(=O)O)O[C@@H]([C@H](O)[C@H](O)CO)[C@@H]2NC(C)=O)nn1. The Morgan fingerprint density at radius 2 is 2.00 bits per heavy atom. The van der Waals surface area contributed by atoms with Gasteiger partial charge in [0.2, 0.25) is 17.6 Å². The average Bonchev–Trinajstić information content (AvgIpc) is 3.35. The highest BCUT2D eigenvalue weighted by Crippen LogP contribution is 2.27. The van der Waals surface area contributed by atoms with Gasteiger partial charge in [0.25, 0.3) is 0 Å². The number of carboxylic acids is 1.